The van der Waals surface area contributed by atoms with E-state index in [0.717, 1.165) is 16.2 Å². The summed E-state index contributed by atoms with van der Waals surface area (Å²) in [4.78, 5) is 30.3. The highest BCUT2D eigenvalue weighted by molar-refractivity contribution is 7.98. The van der Waals surface area contributed by atoms with Crippen LogP contribution in [0.3, 0.4) is 0 Å². The van der Waals surface area contributed by atoms with Gasteiger partial charge in [-0.1, -0.05) is 12.1 Å². The third-order valence-corrected chi connectivity index (χ3v) is 5.75. The lowest BCUT2D eigenvalue weighted by molar-refractivity contribution is 0.0478. The lowest BCUT2D eigenvalue weighted by Gasteiger charge is -2.04. The first kappa shape index (κ1) is 19.3. The van der Waals surface area contributed by atoms with E-state index in [1.807, 2.05) is 18.4 Å². The lowest BCUT2D eigenvalue weighted by Crippen LogP contribution is -2.14. The van der Waals surface area contributed by atoms with Crippen LogP contribution in [-0.2, 0) is 4.74 Å². The van der Waals surface area contributed by atoms with Crippen molar-refractivity contribution in [3.05, 3.63) is 70.5 Å². The van der Waals surface area contributed by atoms with Gasteiger partial charge in [-0.15, -0.1) is 23.1 Å². The van der Waals surface area contributed by atoms with Gasteiger partial charge in [0, 0.05) is 16.0 Å². The summed E-state index contributed by atoms with van der Waals surface area (Å²) >= 11 is 2.74. The molecule has 0 unspecified atom stereocenters. The Morgan fingerprint density at radius 3 is 2.41 bits per heavy atom. The molecule has 0 fully saturated rings. The predicted molar refractivity (Wildman–Crippen MR) is 105 cm³/mol. The Bertz CT molecular complexity index is 966. The molecule has 7 heteroatoms. The molecule has 0 aliphatic heterocycles. The van der Waals surface area contributed by atoms with Crippen molar-refractivity contribution in [1.29, 1.82) is 0 Å². The highest BCUT2D eigenvalue weighted by atomic mass is 32.2. The fourth-order valence-electron chi connectivity index (χ4n) is 2.36. The molecule has 0 spiro atoms. The molecule has 2 aromatic carbocycles. The SMILES string of the molecule is CSc1ccc(C(=O)COC(=O)c2sc(-c3ccc(F)cc3)nc2C)cc1. The number of rotatable bonds is 6. The average Bonchev–Trinajstić information content (AvgIpc) is 3.08. The molecule has 0 aliphatic carbocycles. The first-order valence-electron chi connectivity index (χ1n) is 8.05. The van der Waals surface area contributed by atoms with E-state index in [1.54, 1.807) is 43.0 Å². The molecule has 0 saturated heterocycles. The molecular formula is C20H16FNO3S2. The number of hydrogen-bond acceptors (Lipinski definition) is 6. The smallest absolute Gasteiger partial charge is 0.350 e. The first-order chi connectivity index (χ1) is 13.0. The number of ether oxygens (including phenoxy) is 1. The van der Waals surface area contributed by atoms with Crippen molar-refractivity contribution in [3.63, 3.8) is 0 Å². The van der Waals surface area contributed by atoms with E-state index in [1.165, 1.54) is 12.1 Å². The van der Waals surface area contributed by atoms with Crippen molar-refractivity contribution >= 4 is 34.9 Å². The predicted octanol–water partition coefficient (Wildman–Crippen LogP) is 5.02. The van der Waals surface area contributed by atoms with Crippen molar-refractivity contribution in [3.8, 4) is 10.6 Å². The molecule has 0 N–H and O–H groups in total. The number of aromatic nitrogens is 1. The molecule has 138 valence electrons. The molecule has 27 heavy (non-hydrogen) atoms. The third-order valence-electron chi connectivity index (χ3n) is 3.82. The van der Waals surface area contributed by atoms with Gasteiger partial charge in [0.15, 0.2) is 12.4 Å². The van der Waals surface area contributed by atoms with Crippen molar-refractivity contribution in [1.82, 2.24) is 4.98 Å². The second kappa shape index (κ2) is 8.45. The zero-order valence-electron chi connectivity index (χ0n) is 14.7. The number of nitrogens with zero attached hydrogens (tertiary/aromatic N) is 1. The molecule has 1 aromatic heterocycles. The normalized spacial score (nSPS) is 10.6. The molecule has 0 bridgehead atoms. The highest BCUT2D eigenvalue weighted by Gasteiger charge is 2.19. The van der Waals surface area contributed by atoms with Gasteiger partial charge >= 0.3 is 5.97 Å². The molecule has 0 saturated carbocycles. The van der Waals surface area contributed by atoms with E-state index in [4.69, 9.17) is 4.74 Å². The Morgan fingerprint density at radius 1 is 1.11 bits per heavy atom. The maximum Gasteiger partial charge on any atom is 0.350 e. The quantitative estimate of drug-likeness (QED) is 0.330. The molecule has 3 aromatic rings. The standard InChI is InChI=1S/C20H16FNO3S2/c1-12-18(27-19(22-12)14-3-7-15(21)8-4-14)20(24)25-11-17(23)13-5-9-16(26-2)10-6-13/h3-10H,11H2,1-2H3. The molecule has 3 rings (SSSR count). The minimum Gasteiger partial charge on any atom is -0.453 e. The monoisotopic (exact) mass is 401 g/mol. The van der Waals surface area contributed by atoms with E-state index >= 15 is 0 Å². The van der Waals surface area contributed by atoms with Crippen LogP contribution in [-0.4, -0.2) is 29.6 Å². The Hall–Kier alpha value is -2.51. The van der Waals surface area contributed by atoms with Gasteiger partial charge in [0.05, 0.1) is 5.69 Å². The molecule has 4 nitrogen and oxygen atoms in total. The topological polar surface area (TPSA) is 56.3 Å². The maximum atomic E-state index is 13.0. The van der Waals surface area contributed by atoms with Crippen LogP contribution in [0, 0.1) is 12.7 Å². The van der Waals surface area contributed by atoms with Crippen molar-refractivity contribution in [2.75, 3.05) is 12.9 Å². The van der Waals surface area contributed by atoms with Crippen LogP contribution in [0.5, 0.6) is 0 Å². The maximum absolute atomic E-state index is 13.0. The summed E-state index contributed by atoms with van der Waals surface area (Å²) in [7, 11) is 0. The van der Waals surface area contributed by atoms with Crippen LogP contribution in [0.2, 0.25) is 0 Å². The minimum absolute atomic E-state index is 0.267. The number of aryl methyl sites for hydroxylation is 1. The highest BCUT2D eigenvalue weighted by Crippen LogP contribution is 2.28. The number of esters is 1. The summed E-state index contributed by atoms with van der Waals surface area (Å²) in [5, 5.41) is 0.596. The molecular weight excluding hydrogens is 385 g/mol. The van der Waals surface area contributed by atoms with Crippen LogP contribution in [0.4, 0.5) is 4.39 Å². The Kier molecular flexibility index (Phi) is 6.03. The summed E-state index contributed by atoms with van der Waals surface area (Å²) in [6.07, 6.45) is 1.95. The number of halogens is 1. The summed E-state index contributed by atoms with van der Waals surface area (Å²) in [5.74, 6) is -1.19. The fraction of sp³-hybridized carbons (Fsp3) is 0.150. The van der Waals surface area contributed by atoms with Gasteiger partial charge in [0.2, 0.25) is 0 Å². The summed E-state index contributed by atoms with van der Waals surface area (Å²) < 4.78 is 18.2. The number of hydrogen-bond donors (Lipinski definition) is 0. The molecule has 0 atom stereocenters. The van der Waals surface area contributed by atoms with Gasteiger partial charge in [-0.05, 0) is 49.6 Å². The number of carbonyl (C=O) groups excluding carboxylic acids is 2. The van der Waals surface area contributed by atoms with E-state index in [2.05, 4.69) is 4.98 Å². The van der Waals surface area contributed by atoms with Crippen LogP contribution in [0.15, 0.2) is 53.4 Å². The van der Waals surface area contributed by atoms with Crippen molar-refractivity contribution in [2.45, 2.75) is 11.8 Å². The fourth-order valence-corrected chi connectivity index (χ4v) is 3.73. The van der Waals surface area contributed by atoms with Gasteiger partial charge in [-0.25, -0.2) is 14.2 Å². The number of ketones is 1. The van der Waals surface area contributed by atoms with E-state index in [-0.39, 0.29) is 18.2 Å². The number of Topliss-reactive ketones (excluding diaryl/α,β-unsaturated/α-hetero) is 1. The van der Waals surface area contributed by atoms with Crippen molar-refractivity contribution in [2.24, 2.45) is 0 Å². The third kappa shape index (κ3) is 4.61. The number of thioether (sulfide) groups is 1. The number of benzene rings is 2. The van der Waals surface area contributed by atoms with Gasteiger partial charge in [0.25, 0.3) is 0 Å². The molecule has 1 heterocycles. The Morgan fingerprint density at radius 2 is 1.78 bits per heavy atom. The molecule has 0 radical (unpaired) electrons. The summed E-state index contributed by atoms with van der Waals surface area (Å²) in [6.45, 7) is 1.36. The van der Waals surface area contributed by atoms with E-state index < -0.39 is 5.97 Å². The summed E-state index contributed by atoms with van der Waals surface area (Å²) in [6, 6.07) is 13.0. The Labute approximate surface area is 164 Å². The van der Waals surface area contributed by atoms with E-state index in [0.29, 0.717) is 26.7 Å². The zero-order chi connectivity index (χ0) is 19.4. The van der Waals surface area contributed by atoms with Crippen LogP contribution in [0.1, 0.15) is 25.7 Å². The number of thiazole rings is 1. The second-order valence-corrected chi connectivity index (χ2v) is 7.55. The van der Waals surface area contributed by atoms with Gasteiger partial charge in [-0.2, -0.15) is 0 Å². The lowest BCUT2D eigenvalue weighted by atomic mass is 10.1. The first-order valence-corrected chi connectivity index (χ1v) is 10.1. The molecule has 0 amide bonds. The number of carbonyl (C=O) groups is 2. The van der Waals surface area contributed by atoms with Gasteiger partial charge in [0.1, 0.15) is 15.7 Å². The Balaban J connectivity index is 1.67. The van der Waals surface area contributed by atoms with E-state index in [9.17, 15) is 14.0 Å². The van der Waals surface area contributed by atoms with Gasteiger partial charge in [-0.3, -0.25) is 4.79 Å². The zero-order valence-corrected chi connectivity index (χ0v) is 16.3. The summed E-state index contributed by atoms with van der Waals surface area (Å²) in [5.41, 5.74) is 1.73. The minimum atomic E-state index is -0.590. The van der Waals surface area contributed by atoms with Crippen molar-refractivity contribution < 1.29 is 18.7 Å². The average molecular weight is 401 g/mol. The molecule has 0 aliphatic rings. The van der Waals surface area contributed by atoms with Crippen LogP contribution < -0.4 is 0 Å². The van der Waals surface area contributed by atoms with Gasteiger partial charge < -0.3 is 4.74 Å². The van der Waals surface area contributed by atoms with Crippen LogP contribution >= 0.6 is 23.1 Å². The second-order valence-electron chi connectivity index (χ2n) is 5.67. The van der Waals surface area contributed by atoms with Crippen LogP contribution in [0.25, 0.3) is 10.6 Å². The largest absolute Gasteiger partial charge is 0.453 e.